The van der Waals surface area contributed by atoms with Crippen molar-refractivity contribution >= 4 is 57.6 Å². The van der Waals surface area contributed by atoms with Crippen molar-refractivity contribution in [1.82, 2.24) is 5.32 Å². The fourth-order valence-electron chi connectivity index (χ4n) is 4.21. The zero-order valence-electron chi connectivity index (χ0n) is 19.9. The van der Waals surface area contributed by atoms with Gasteiger partial charge in [-0.05, 0) is 66.8 Å². The minimum absolute atomic E-state index is 0.143. The van der Waals surface area contributed by atoms with Gasteiger partial charge in [-0.25, -0.2) is 4.99 Å². The number of phenols is 1. The summed E-state index contributed by atoms with van der Waals surface area (Å²) in [6, 6.07) is 31.3. The molecule has 0 bridgehead atoms. The van der Waals surface area contributed by atoms with Gasteiger partial charge in [0.15, 0.2) is 5.11 Å². The summed E-state index contributed by atoms with van der Waals surface area (Å²) in [7, 11) is 1.71. The lowest BCUT2D eigenvalue weighted by molar-refractivity contribution is -0.119. The third-order valence-corrected chi connectivity index (χ3v) is 6.57. The SMILES string of the molecule is CN1C(=O)C(NC(=S)N(c2ccccc2)c2ccc(O)cc2)N=C(c2ccccc2)c2cc(Cl)ccc21. The van der Waals surface area contributed by atoms with Gasteiger partial charge in [-0.1, -0.05) is 60.1 Å². The molecular weight excluding hydrogens is 504 g/mol. The van der Waals surface area contributed by atoms with Crippen molar-refractivity contribution in [1.29, 1.82) is 0 Å². The van der Waals surface area contributed by atoms with Gasteiger partial charge in [-0.3, -0.25) is 9.69 Å². The Morgan fingerprint density at radius 1 is 0.946 bits per heavy atom. The fraction of sp³-hybridized carbons (Fsp3) is 0.0690. The molecule has 0 fully saturated rings. The van der Waals surface area contributed by atoms with Gasteiger partial charge in [-0.15, -0.1) is 0 Å². The molecule has 1 atom stereocenters. The molecule has 37 heavy (non-hydrogen) atoms. The predicted octanol–water partition coefficient (Wildman–Crippen LogP) is 5.90. The highest BCUT2D eigenvalue weighted by atomic mass is 35.5. The number of nitrogens with zero attached hydrogens (tertiary/aromatic N) is 3. The third-order valence-electron chi connectivity index (χ3n) is 6.03. The summed E-state index contributed by atoms with van der Waals surface area (Å²) in [5, 5.41) is 13.8. The molecule has 0 saturated heterocycles. The quantitative estimate of drug-likeness (QED) is 0.324. The summed E-state index contributed by atoms with van der Waals surface area (Å²) in [5.41, 5.74) is 4.45. The Bertz CT molecular complexity index is 1480. The Balaban J connectivity index is 1.58. The number of rotatable bonds is 4. The molecule has 5 rings (SSSR count). The van der Waals surface area contributed by atoms with E-state index in [1.807, 2.05) is 72.8 Å². The Hall–Kier alpha value is -4.20. The fourth-order valence-corrected chi connectivity index (χ4v) is 4.70. The van der Waals surface area contributed by atoms with Crippen molar-refractivity contribution in [2.24, 2.45) is 4.99 Å². The molecule has 2 N–H and O–H groups in total. The number of thiocarbonyl (C=S) groups is 1. The molecule has 8 heteroatoms. The number of carbonyl (C=O) groups is 1. The number of aromatic hydroxyl groups is 1. The van der Waals surface area contributed by atoms with Crippen LogP contribution in [0.1, 0.15) is 11.1 Å². The predicted molar refractivity (Wildman–Crippen MR) is 153 cm³/mol. The molecule has 4 aromatic carbocycles. The van der Waals surface area contributed by atoms with Gasteiger partial charge >= 0.3 is 0 Å². The molecule has 1 unspecified atom stereocenters. The van der Waals surface area contributed by atoms with E-state index in [-0.39, 0.29) is 16.8 Å². The topological polar surface area (TPSA) is 68.2 Å². The van der Waals surface area contributed by atoms with Crippen LogP contribution in [0.3, 0.4) is 0 Å². The maximum absolute atomic E-state index is 13.7. The van der Waals surface area contributed by atoms with Crippen LogP contribution in [-0.4, -0.2) is 35.1 Å². The Labute approximate surface area is 225 Å². The van der Waals surface area contributed by atoms with Crippen LogP contribution in [0.4, 0.5) is 17.1 Å². The molecule has 0 radical (unpaired) electrons. The van der Waals surface area contributed by atoms with Crippen LogP contribution in [0.15, 0.2) is 108 Å². The number of likely N-dealkylation sites (N-methyl/N-ethyl adjacent to an activating group) is 1. The van der Waals surface area contributed by atoms with Gasteiger partial charge < -0.3 is 15.3 Å². The first-order valence-electron chi connectivity index (χ1n) is 11.6. The summed E-state index contributed by atoms with van der Waals surface area (Å²) >= 11 is 12.2. The number of para-hydroxylation sites is 1. The van der Waals surface area contributed by atoms with E-state index >= 15 is 0 Å². The van der Waals surface area contributed by atoms with Gasteiger partial charge in [0.25, 0.3) is 5.91 Å². The van der Waals surface area contributed by atoms with Crippen molar-refractivity contribution in [2.75, 3.05) is 16.8 Å². The number of phenolic OH excluding ortho intramolecular Hbond substituents is 1. The normalized spacial score (nSPS) is 14.9. The number of nitrogens with one attached hydrogen (secondary N) is 1. The summed E-state index contributed by atoms with van der Waals surface area (Å²) in [6.45, 7) is 0. The van der Waals surface area contributed by atoms with Crippen molar-refractivity contribution < 1.29 is 9.90 Å². The average molecular weight is 527 g/mol. The molecule has 184 valence electrons. The largest absolute Gasteiger partial charge is 0.508 e. The highest BCUT2D eigenvalue weighted by Crippen LogP contribution is 2.31. The van der Waals surface area contributed by atoms with E-state index < -0.39 is 6.17 Å². The number of hydrogen-bond acceptors (Lipinski definition) is 4. The number of halogens is 1. The number of amides is 1. The van der Waals surface area contributed by atoms with Crippen LogP contribution in [0.25, 0.3) is 0 Å². The van der Waals surface area contributed by atoms with E-state index in [2.05, 4.69) is 5.32 Å². The average Bonchev–Trinajstić information content (AvgIpc) is 3.01. The molecule has 0 spiro atoms. The number of anilines is 3. The molecule has 4 aromatic rings. The number of fused-ring (bicyclic) bond motifs is 1. The zero-order chi connectivity index (χ0) is 25.9. The van der Waals surface area contributed by atoms with Gasteiger partial charge in [0, 0.05) is 34.6 Å². The maximum atomic E-state index is 13.7. The van der Waals surface area contributed by atoms with Crippen molar-refractivity contribution in [3.05, 3.63) is 119 Å². The molecule has 0 aliphatic carbocycles. The van der Waals surface area contributed by atoms with E-state index in [4.69, 9.17) is 28.8 Å². The summed E-state index contributed by atoms with van der Waals surface area (Å²) < 4.78 is 0. The molecule has 0 aromatic heterocycles. The molecule has 1 aliphatic rings. The molecule has 6 nitrogen and oxygen atoms in total. The van der Waals surface area contributed by atoms with E-state index in [0.717, 1.165) is 22.5 Å². The van der Waals surface area contributed by atoms with Crippen LogP contribution >= 0.6 is 23.8 Å². The van der Waals surface area contributed by atoms with Gasteiger partial charge in [-0.2, -0.15) is 0 Å². The Morgan fingerprint density at radius 3 is 2.24 bits per heavy atom. The number of benzodiazepines with no additional fused rings is 1. The first kappa shape index (κ1) is 24.5. The standard InChI is InChI=1S/C29H23ClN4O2S/c1-33-25-17-12-20(30)18-24(25)26(19-8-4-2-5-9-19)31-27(28(33)36)32-29(37)34(21-10-6-3-7-11-21)22-13-15-23(35)16-14-22/h2-18,27,35H,1H3,(H,32,37). The zero-order valence-corrected chi connectivity index (χ0v) is 21.4. The lowest BCUT2D eigenvalue weighted by atomic mass is 10.0. The first-order chi connectivity index (χ1) is 17.9. The molecule has 1 heterocycles. The van der Waals surface area contributed by atoms with Crippen molar-refractivity contribution in [3.63, 3.8) is 0 Å². The van der Waals surface area contributed by atoms with Crippen LogP contribution in [-0.2, 0) is 4.79 Å². The minimum Gasteiger partial charge on any atom is -0.508 e. The van der Waals surface area contributed by atoms with Gasteiger partial charge in [0.2, 0.25) is 6.17 Å². The van der Waals surface area contributed by atoms with Gasteiger partial charge in [0.1, 0.15) is 5.75 Å². The number of hydrogen-bond donors (Lipinski definition) is 2. The van der Waals surface area contributed by atoms with Crippen LogP contribution in [0.5, 0.6) is 5.75 Å². The highest BCUT2D eigenvalue weighted by molar-refractivity contribution is 7.80. The second kappa shape index (κ2) is 10.4. The Kier molecular flexibility index (Phi) is 6.90. The van der Waals surface area contributed by atoms with E-state index in [1.54, 1.807) is 47.2 Å². The minimum atomic E-state index is -0.998. The molecule has 1 amide bonds. The van der Waals surface area contributed by atoms with E-state index in [9.17, 15) is 9.90 Å². The molecule has 0 saturated carbocycles. The number of aliphatic imine (C=N–C) groups is 1. The summed E-state index contributed by atoms with van der Waals surface area (Å²) in [6.07, 6.45) is -0.998. The monoisotopic (exact) mass is 526 g/mol. The lowest BCUT2D eigenvalue weighted by Crippen LogP contribution is -2.49. The third kappa shape index (κ3) is 5.05. The second-order valence-electron chi connectivity index (χ2n) is 8.44. The van der Waals surface area contributed by atoms with E-state index in [0.29, 0.717) is 16.4 Å². The summed E-state index contributed by atoms with van der Waals surface area (Å²) in [5.74, 6) is -0.125. The highest BCUT2D eigenvalue weighted by Gasteiger charge is 2.32. The van der Waals surface area contributed by atoms with Gasteiger partial charge in [0.05, 0.1) is 11.4 Å². The maximum Gasteiger partial charge on any atom is 0.272 e. The smallest absolute Gasteiger partial charge is 0.272 e. The number of benzene rings is 4. The lowest BCUT2D eigenvalue weighted by Gasteiger charge is -2.28. The van der Waals surface area contributed by atoms with Crippen LogP contribution < -0.4 is 15.1 Å². The van der Waals surface area contributed by atoms with E-state index in [1.165, 1.54) is 0 Å². The van der Waals surface area contributed by atoms with Crippen molar-refractivity contribution in [2.45, 2.75) is 6.17 Å². The Morgan fingerprint density at radius 2 is 1.57 bits per heavy atom. The molecular formula is C29H23ClN4O2S. The van der Waals surface area contributed by atoms with Crippen LogP contribution in [0, 0.1) is 0 Å². The molecule has 1 aliphatic heterocycles. The first-order valence-corrected chi connectivity index (χ1v) is 12.4. The second-order valence-corrected chi connectivity index (χ2v) is 9.26. The number of carbonyl (C=O) groups excluding carboxylic acids is 1. The van der Waals surface area contributed by atoms with Crippen molar-refractivity contribution in [3.8, 4) is 5.75 Å². The summed E-state index contributed by atoms with van der Waals surface area (Å²) in [4.78, 5) is 21.9. The van der Waals surface area contributed by atoms with Crippen LogP contribution in [0.2, 0.25) is 5.02 Å².